The van der Waals surface area contributed by atoms with Crippen molar-refractivity contribution in [1.29, 1.82) is 0 Å². The summed E-state index contributed by atoms with van der Waals surface area (Å²) >= 11 is 1.73. The summed E-state index contributed by atoms with van der Waals surface area (Å²) in [4.78, 5) is 4.65. The predicted molar refractivity (Wildman–Crippen MR) is 84.5 cm³/mol. The lowest BCUT2D eigenvalue weighted by Gasteiger charge is -2.13. The molecular formula is C16H22N2OS. The molecule has 1 aromatic heterocycles. The Labute approximate surface area is 125 Å². The number of benzene rings is 1. The van der Waals surface area contributed by atoms with E-state index < -0.39 is 0 Å². The van der Waals surface area contributed by atoms with Crippen molar-refractivity contribution in [2.75, 3.05) is 13.2 Å². The molecule has 0 aliphatic carbocycles. The maximum atomic E-state index is 5.62. The van der Waals surface area contributed by atoms with Crippen LogP contribution in [0.15, 0.2) is 35.7 Å². The summed E-state index contributed by atoms with van der Waals surface area (Å²) in [6.45, 7) is 8.85. The molecule has 0 radical (unpaired) electrons. The fourth-order valence-corrected chi connectivity index (χ4v) is 2.61. The first-order valence-electron chi connectivity index (χ1n) is 6.89. The Morgan fingerprint density at radius 3 is 2.60 bits per heavy atom. The minimum atomic E-state index is 0.138. The maximum absolute atomic E-state index is 5.62. The van der Waals surface area contributed by atoms with Crippen molar-refractivity contribution in [3.63, 3.8) is 0 Å². The highest BCUT2D eigenvalue weighted by Crippen LogP contribution is 2.25. The molecule has 4 heteroatoms. The Balaban J connectivity index is 1.67. The van der Waals surface area contributed by atoms with Gasteiger partial charge in [-0.25, -0.2) is 4.98 Å². The van der Waals surface area contributed by atoms with Gasteiger partial charge in [0.1, 0.15) is 12.4 Å². The molecule has 0 atom stereocenters. The molecule has 1 aromatic carbocycles. The van der Waals surface area contributed by atoms with Gasteiger partial charge in [0.25, 0.3) is 0 Å². The van der Waals surface area contributed by atoms with Crippen LogP contribution in [0.2, 0.25) is 0 Å². The normalized spacial score (nSPS) is 11.6. The molecule has 2 aromatic rings. The lowest BCUT2D eigenvalue weighted by Crippen LogP contribution is -2.21. The van der Waals surface area contributed by atoms with E-state index in [1.807, 2.05) is 30.3 Å². The Morgan fingerprint density at radius 2 is 1.95 bits per heavy atom. The highest BCUT2D eigenvalue weighted by molar-refractivity contribution is 7.09. The molecule has 0 unspecified atom stereocenters. The summed E-state index contributed by atoms with van der Waals surface area (Å²) in [5.41, 5.74) is 1.25. The van der Waals surface area contributed by atoms with E-state index in [4.69, 9.17) is 4.74 Å². The van der Waals surface area contributed by atoms with Gasteiger partial charge in [-0.3, -0.25) is 0 Å². The van der Waals surface area contributed by atoms with Crippen molar-refractivity contribution in [1.82, 2.24) is 10.3 Å². The van der Waals surface area contributed by atoms with Crippen LogP contribution < -0.4 is 10.1 Å². The molecule has 20 heavy (non-hydrogen) atoms. The van der Waals surface area contributed by atoms with Crippen molar-refractivity contribution >= 4 is 11.3 Å². The van der Waals surface area contributed by atoms with Gasteiger partial charge in [0.05, 0.1) is 10.7 Å². The summed E-state index contributed by atoms with van der Waals surface area (Å²) in [6.07, 6.45) is 0. The van der Waals surface area contributed by atoms with Gasteiger partial charge >= 0.3 is 0 Å². The molecule has 0 spiro atoms. The van der Waals surface area contributed by atoms with E-state index in [9.17, 15) is 0 Å². The van der Waals surface area contributed by atoms with Crippen LogP contribution in [0.25, 0.3) is 0 Å². The quantitative estimate of drug-likeness (QED) is 0.825. The van der Waals surface area contributed by atoms with E-state index in [2.05, 4.69) is 36.5 Å². The van der Waals surface area contributed by atoms with Crippen LogP contribution in [-0.2, 0) is 12.0 Å². The summed E-state index contributed by atoms with van der Waals surface area (Å²) in [7, 11) is 0. The summed E-state index contributed by atoms with van der Waals surface area (Å²) in [5, 5.41) is 6.68. The number of rotatable bonds is 6. The van der Waals surface area contributed by atoms with Crippen LogP contribution >= 0.6 is 11.3 Å². The zero-order valence-corrected chi connectivity index (χ0v) is 13.2. The summed E-state index contributed by atoms with van der Waals surface area (Å²) < 4.78 is 5.62. The third kappa shape index (κ3) is 4.62. The fourth-order valence-electron chi connectivity index (χ4n) is 1.71. The first kappa shape index (κ1) is 15.0. The number of para-hydroxylation sites is 1. The fraction of sp³-hybridized carbons (Fsp3) is 0.438. The Hall–Kier alpha value is -1.39. The standard InChI is InChI=1S/C16H22N2OS/c1-16(2,3)15-18-13(12-20-15)11-17-9-10-19-14-7-5-4-6-8-14/h4-8,12,17H,9-11H2,1-3H3. The number of nitrogens with one attached hydrogen (secondary N) is 1. The number of aromatic nitrogens is 1. The van der Waals surface area contributed by atoms with Gasteiger partial charge in [0.2, 0.25) is 0 Å². The van der Waals surface area contributed by atoms with Crippen molar-refractivity contribution in [3.05, 3.63) is 46.4 Å². The third-order valence-corrected chi connectivity index (χ3v) is 4.11. The number of ether oxygens (including phenoxy) is 1. The van der Waals surface area contributed by atoms with E-state index >= 15 is 0 Å². The van der Waals surface area contributed by atoms with Gasteiger partial charge in [0, 0.05) is 23.9 Å². The van der Waals surface area contributed by atoms with Crippen LogP contribution in [0.4, 0.5) is 0 Å². The van der Waals surface area contributed by atoms with E-state index in [0.717, 1.165) is 24.5 Å². The number of nitrogens with zero attached hydrogens (tertiary/aromatic N) is 1. The highest BCUT2D eigenvalue weighted by atomic mass is 32.1. The van der Waals surface area contributed by atoms with E-state index in [0.29, 0.717) is 6.61 Å². The van der Waals surface area contributed by atoms with Crippen molar-refractivity contribution < 1.29 is 4.74 Å². The van der Waals surface area contributed by atoms with Crippen molar-refractivity contribution in [2.45, 2.75) is 32.7 Å². The topological polar surface area (TPSA) is 34.2 Å². The largest absolute Gasteiger partial charge is 0.492 e. The lowest BCUT2D eigenvalue weighted by atomic mass is 9.98. The molecule has 0 amide bonds. The van der Waals surface area contributed by atoms with Crippen molar-refractivity contribution in [3.8, 4) is 5.75 Å². The van der Waals surface area contributed by atoms with E-state index in [1.165, 1.54) is 5.01 Å². The van der Waals surface area contributed by atoms with Gasteiger partial charge < -0.3 is 10.1 Å². The number of thiazole rings is 1. The van der Waals surface area contributed by atoms with E-state index in [-0.39, 0.29) is 5.41 Å². The average molecular weight is 290 g/mol. The second kappa shape index (κ2) is 6.86. The van der Waals surface area contributed by atoms with Crippen LogP contribution in [0.1, 0.15) is 31.5 Å². The number of hydrogen-bond donors (Lipinski definition) is 1. The highest BCUT2D eigenvalue weighted by Gasteiger charge is 2.17. The smallest absolute Gasteiger partial charge is 0.119 e. The molecule has 0 saturated carbocycles. The molecule has 0 fully saturated rings. The lowest BCUT2D eigenvalue weighted by molar-refractivity contribution is 0.313. The van der Waals surface area contributed by atoms with Crippen LogP contribution in [0.3, 0.4) is 0 Å². The van der Waals surface area contributed by atoms with Gasteiger partial charge in [-0.15, -0.1) is 11.3 Å². The SMILES string of the molecule is CC(C)(C)c1nc(CNCCOc2ccccc2)cs1. The van der Waals surface area contributed by atoms with E-state index in [1.54, 1.807) is 11.3 Å². The summed E-state index contributed by atoms with van der Waals surface area (Å²) in [5.74, 6) is 0.915. The first-order chi connectivity index (χ1) is 9.55. The first-order valence-corrected chi connectivity index (χ1v) is 7.77. The maximum Gasteiger partial charge on any atom is 0.119 e. The molecule has 0 bridgehead atoms. The van der Waals surface area contributed by atoms with Crippen LogP contribution in [-0.4, -0.2) is 18.1 Å². The van der Waals surface area contributed by atoms with Crippen LogP contribution in [0, 0.1) is 0 Å². The third-order valence-electron chi connectivity index (χ3n) is 2.79. The monoisotopic (exact) mass is 290 g/mol. The van der Waals surface area contributed by atoms with Gasteiger partial charge in [-0.1, -0.05) is 39.0 Å². The Bertz CT molecular complexity index is 517. The molecule has 0 aliphatic rings. The Morgan fingerprint density at radius 1 is 1.20 bits per heavy atom. The minimum absolute atomic E-state index is 0.138. The second-order valence-electron chi connectivity index (χ2n) is 5.73. The zero-order chi connectivity index (χ0) is 14.4. The van der Waals surface area contributed by atoms with Crippen molar-refractivity contribution in [2.24, 2.45) is 0 Å². The Kier molecular flexibility index (Phi) is 5.15. The molecule has 1 N–H and O–H groups in total. The molecular weight excluding hydrogens is 268 g/mol. The van der Waals surface area contributed by atoms with Gasteiger partial charge in [-0.2, -0.15) is 0 Å². The number of hydrogen-bond acceptors (Lipinski definition) is 4. The summed E-state index contributed by atoms with van der Waals surface area (Å²) in [6, 6.07) is 9.88. The van der Waals surface area contributed by atoms with Gasteiger partial charge in [-0.05, 0) is 12.1 Å². The average Bonchev–Trinajstić information content (AvgIpc) is 2.88. The molecule has 108 valence electrons. The molecule has 0 saturated heterocycles. The molecule has 3 nitrogen and oxygen atoms in total. The second-order valence-corrected chi connectivity index (χ2v) is 6.59. The molecule has 0 aliphatic heterocycles. The predicted octanol–water partition coefficient (Wildman–Crippen LogP) is 3.61. The van der Waals surface area contributed by atoms with Gasteiger partial charge in [0.15, 0.2) is 0 Å². The molecule has 1 heterocycles. The zero-order valence-electron chi connectivity index (χ0n) is 12.3. The molecule has 2 rings (SSSR count). The minimum Gasteiger partial charge on any atom is -0.492 e. The van der Waals surface area contributed by atoms with Crippen LogP contribution in [0.5, 0.6) is 5.75 Å².